The fourth-order valence-corrected chi connectivity index (χ4v) is 14.3. The molecule has 2 aliphatic rings. The van der Waals surface area contributed by atoms with Gasteiger partial charge in [-0.15, -0.1) is 0 Å². The van der Waals surface area contributed by atoms with Gasteiger partial charge in [-0.2, -0.15) is 0 Å². The molecule has 1 aromatic carbocycles. The van der Waals surface area contributed by atoms with Crippen molar-refractivity contribution in [3.8, 4) is 0 Å². The molecular formula is C22H36OP2. The Morgan fingerprint density at radius 2 is 1.36 bits per heavy atom. The molecule has 6 atom stereocenters. The quantitative estimate of drug-likeness (QED) is 0.518. The average molecular weight is 378 g/mol. The van der Waals surface area contributed by atoms with Crippen LogP contribution in [0.2, 0.25) is 0 Å². The fraction of sp³-hybridized carbons (Fsp3) is 0.727. The molecule has 2 saturated heterocycles. The van der Waals surface area contributed by atoms with Crippen molar-refractivity contribution in [2.24, 2.45) is 0 Å². The van der Waals surface area contributed by atoms with E-state index in [-0.39, 0.29) is 7.92 Å². The molecule has 2 heterocycles. The van der Waals surface area contributed by atoms with Gasteiger partial charge in [0.1, 0.15) is 7.14 Å². The minimum atomic E-state index is -2.29. The van der Waals surface area contributed by atoms with Gasteiger partial charge in [0, 0.05) is 16.6 Å². The third-order valence-corrected chi connectivity index (χ3v) is 15.5. The Balaban J connectivity index is 2.11. The van der Waals surface area contributed by atoms with E-state index in [1.165, 1.54) is 49.1 Å². The first-order chi connectivity index (χ1) is 12.1. The summed E-state index contributed by atoms with van der Waals surface area (Å²) in [4.78, 5) is 0. The van der Waals surface area contributed by atoms with Crippen LogP contribution in [0.15, 0.2) is 24.3 Å². The van der Waals surface area contributed by atoms with Crippen LogP contribution in [0.1, 0.15) is 79.1 Å². The predicted octanol–water partition coefficient (Wildman–Crippen LogP) is 6.48. The summed E-state index contributed by atoms with van der Waals surface area (Å²) in [6, 6.07) is 9.01. The van der Waals surface area contributed by atoms with Crippen molar-refractivity contribution in [1.82, 2.24) is 0 Å². The van der Waals surface area contributed by atoms with Crippen LogP contribution in [0.4, 0.5) is 0 Å². The van der Waals surface area contributed by atoms with E-state index in [4.69, 9.17) is 0 Å². The van der Waals surface area contributed by atoms with Crippen LogP contribution >= 0.6 is 15.1 Å². The molecule has 0 bridgehead atoms. The molecule has 25 heavy (non-hydrogen) atoms. The summed E-state index contributed by atoms with van der Waals surface area (Å²) in [6.07, 6.45) is 9.84. The first kappa shape index (κ1) is 19.6. The predicted molar refractivity (Wildman–Crippen MR) is 115 cm³/mol. The van der Waals surface area contributed by atoms with Crippen molar-refractivity contribution in [1.29, 1.82) is 0 Å². The van der Waals surface area contributed by atoms with Crippen molar-refractivity contribution in [3.05, 3.63) is 24.3 Å². The smallest absolute Gasteiger partial charge is 0.122 e. The second kappa shape index (κ2) is 8.27. The maximum Gasteiger partial charge on any atom is 0.122 e. The van der Waals surface area contributed by atoms with Crippen molar-refractivity contribution >= 4 is 25.7 Å². The molecule has 0 aromatic heterocycles. The molecule has 0 spiro atoms. The highest BCUT2D eigenvalue weighted by atomic mass is 31.2. The van der Waals surface area contributed by atoms with Crippen molar-refractivity contribution in [2.75, 3.05) is 0 Å². The van der Waals surface area contributed by atoms with E-state index in [0.29, 0.717) is 11.3 Å². The first-order valence-electron chi connectivity index (χ1n) is 10.6. The standard InChI is InChI=1S/C22H36OP2/c1-5-17-13-14-18(6-2)24(17)21-11-9-10-12-22(21)25(23)19(7-3)15-16-20(25)8-4/h9-12,17-20H,5-8,13-16H2,1-4H3/t17-,18?,19-,20?,24?,25?/m0/s1. The van der Waals surface area contributed by atoms with Gasteiger partial charge >= 0.3 is 0 Å². The molecule has 2 aliphatic heterocycles. The van der Waals surface area contributed by atoms with Gasteiger partial charge in [0.2, 0.25) is 0 Å². The van der Waals surface area contributed by atoms with Crippen LogP contribution < -0.4 is 10.6 Å². The monoisotopic (exact) mass is 378 g/mol. The number of hydrogen-bond donors (Lipinski definition) is 0. The summed E-state index contributed by atoms with van der Waals surface area (Å²) >= 11 is 0. The van der Waals surface area contributed by atoms with E-state index < -0.39 is 7.14 Å². The Hall–Kier alpha value is -0.120. The van der Waals surface area contributed by atoms with E-state index in [1.54, 1.807) is 0 Å². The molecule has 0 radical (unpaired) electrons. The lowest BCUT2D eigenvalue weighted by Crippen LogP contribution is -2.32. The maximum absolute atomic E-state index is 14.5. The topological polar surface area (TPSA) is 17.1 Å². The maximum atomic E-state index is 14.5. The highest BCUT2D eigenvalue weighted by Gasteiger charge is 2.48. The van der Waals surface area contributed by atoms with Gasteiger partial charge in [0.15, 0.2) is 0 Å². The van der Waals surface area contributed by atoms with E-state index in [9.17, 15) is 4.57 Å². The SMILES string of the molecule is CCC1CC[C@H](CC)P1c1ccccc1P1(=O)C(CC)CC[C@@H]1CC. The summed E-state index contributed by atoms with van der Waals surface area (Å²) in [5.41, 5.74) is 2.54. The summed E-state index contributed by atoms with van der Waals surface area (Å²) in [5.74, 6) is 0. The molecule has 1 nitrogen and oxygen atoms in total. The molecule has 3 rings (SSSR count). The van der Waals surface area contributed by atoms with Gasteiger partial charge in [-0.3, -0.25) is 0 Å². The number of hydrogen-bond acceptors (Lipinski definition) is 1. The minimum Gasteiger partial charge on any atom is -0.318 e. The van der Waals surface area contributed by atoms with Crippen molar-refractivity contribution in [3.63, 3.8) is 0 Å². The molecule has 0 amide bonds. The Labute approximate surface area is 156 Å². The lowest BCUT2D eigenvalue weighted by molar-refractivity contribution is 0.569. The Kier molecular flexibility index (Phi) is 6.50. The lowest BCUT2D eigenvalue weighted by atomic mass is 10.1. The van der Waals surface area contributed by atoms with E-state index in [1.807, 2.05) is 0 Å². The van der Waals surface area contributed by atoms with Gasteiger partial charge in [-0.1, -0.05) is 59.9 Å². The van der Waals surface area contributed by atoms with Gasteiger partial charge in [0.25, 0.3) is 0 Å². The molecule has 2 fully saturated rings. The number of benzene rings is 1. The van der Waals surface area contributed by atoms with Crippen molar-refractivity contribution in [2.45, 2.75) is 102 Å². The van der Waals surface area contributed by atoms with Crippen LogP contribution in [0.3, 0.4) is 0 Å². The van der Waals surface area contributed by atoms with E-state index in [0.717, 1.165) is 24.2 Å². The highest BCUT2D eigenvalue weighted by molar-refractivity contribution is 7.77. The average Bonchev–Trinajstić information content (AvgIpc) is 3.22. The van der Waals surface area contributed by atoms with Gasteiger partial charge < -0.3 is 4.57 Å². The van der Waals surface area contributed by atoms with Crippen molar-refractivity contribution < 1.29 is 4.57 Å². The second-order valence-corrected chi connectivity index (χ2v) is 14.1. The molecule has 1 aromatic rings. The zero-order chi connectivity index (χ0) is 18.0. The molecular weight excluding hydrogens is 342 g/mol. The summed E-state index contributed by atoms with van der Waals surface area (Å²) in [7, 11) is -2.45. The zero-order valence-electron chi connectivity index (χ0n) is 16.6. The third kappa shape index (κ3) is 3.30. The normalized spacial score (nSPS) is 38.3. The lowest BCUT2D eigenvalue weighted by Gasteiger charge is -2.32. The zero-order valence-corrected chi connectivity index (χ0v) is 18.4. The largest absolute Gasteiger partial charge is 0.318 e. The Morgan fingerprint density at radius 1 is 0.840 bits per heavy atom. The van der Waals surface area contributed by atoms with E-state index >= 15 is 0 Å². The van der Waals surface area contributed by atoms with Crippen LogP contribution in [0, 0.1) is 0 Å². The molecule has 0 N–H and O–H groups in total. The molecule has 3 heteroatoms. The molecule has 140 valence electrons. The third-order valence-electron chi connectivity index (χ3n) is 6.96. The Bertz CT molecular complexity index is 598. The summed E-state index contributed by atoms with van der Waals surface area (Å²) in [5, 5.41) is 2.85. The van der Waals surface area contributed by atoms with Crippen LogP contribution in [-0.2, 0) is 4.57 Å². The summed E-state index contributed by atoms with van der Waals surface area (Å²) in [6.45, 7) is 9.23. The summed E-state index contributed by atoms with van der Waals surface area (Å²) < 4.78 is 14.5. The van der Waals surface area contributed by atoms with Crippen LogP contribution in [0.5, 0.6) is 0 Å². The van der Waals surface area contributed by atoms with Gasteiger partial charge in [-0.05, 0) is 68.0 Å². The molecule has 4 unspecified atom stereocenters. The number of rotatable bonds is 6. The molecule has 0 saturated carbocycles. The highest BCUT2D eigenvalue weighted by Crippen LogP contribution is 2.66. The minimum absolute atomic E-state index is 0.156. The van der Waals surface area contributed by atoms with Gasteiger partial charge in [-0.25, -0.2) is 0 Å². The van der Waals surface area contributed by atoms with Crippen LogP contribution in [0.25, 0.3) is 0 Å². The van der Waals surface area contributed by atoms with Crippen LogP contribution in [-0.4, -0.2) is 22.6 Å². The first-order valence-corrected chi connectivity index (χ1v) is 13.9. The van der Waals surface area contributed by atoms with E-state index in [2.05, 4.69) is 52.0 Å². The van der Waals surface area contributed by atoms with Gasteiger partial charge in [0.05, 0.1) is 0 Å². The molecule has 0 aliphatic carbocycles. The Morgan fingerprint density at radius 3 is 1.84 bits per heavy atom. The fourth-order valence-electron chi connectivity index (χ4n) is 5.54. The second-order valence-electron chi connectivity index (χ2n) is 8.01.